The fraction of sp³-hybridized carbons (Fsp3) is 0.269. The van der Waals surface area contributed by atoms with Crippen molar-refractivity contribution >= 4 is 19.6 Å². The Kier molecular flexibility index (Phi) is 6.55. The van der Waals surface area contributed by atoms with E-state index in [0.29, 0.717) is 14.3 Å². The van der Waals surface area contributed by atoms with Crippen molar-refractivity contribution in [2.45, 2.75) is 39.3 Å². The van der Waals surface area contributed by atoms with Crippen molar-refractivity contribution in [2.75, 3.05) is 7.05 Å². The van der Waals surface area contributed by atoms with Crippen LogP contribution in [0.1, 0.15) is 48.1 Å². The Morgan fingerprint density at radius 2 is 1.59 bits per heavy atom. The van der Waals surface area contributed by atoms with E-state index >= 15 is 0 Å². The van der Waals surface area contributed by atoms with Gasteiger partial charge in [0.25, 0.3) is 0 Å². The van der Waals surface area contributed by atoms with Gasteiger partial charge in [-0.25, -0.2) is 0 Å². The van der Waals surface area contributed by atoms with Crippen molar-refractivity contribution < 1.29 is 5.11 Å². The zero-order valence-electron chi connectivity index (χ0n) is 18.0. The molecule has 1 N–H and O–H groups in total. The summed E-state index contributed by atoms with van der Waals surface area (Å²) in [6.07, 6.45) is 0.945. The molecule has 0 amide bonds. The summed E-state index contributed by atoms with van der Waals surface area (Å²) >= 11 is 0. The van der Waals surface area contributed by atoms with E-state index in [9.17, 15) is 5.11 Å². The number of aromatic hydroxyl groups is 1. The number of nitrogens with zero attached hydrogens (tertiary/aromatic N) is 1. The SMILES string of the molecule is CCC(C)(Pc1c(C)cccc1/C(=N/C)c1ccccc1)c1cccc(C)c1O. The van der Waals surface area contributed by atoms with Crippen LogP contribution in [0, 0.1) is 13.8 Å². The second-order valence-electron chi connectivity index (χ2n) is 7.72. The number of phenols is 1. The summed E-state index contributed by atoms with van der Waals surface area (Å²) in [7, 11) is 2.38. The van der Waals surface area contributed by atoms with Gasteiger partial charge in [-0.3, -0.25) is 4.99 Å². The highest BCUT2D eigenvalue weighted by molar-refractivity contribution is 7.49. The number of hydrogen-bond acceptors (Lipinski definition) is 2. The van der Waals surface area contributed by atoms with Gasteiger partial charge >= 0.3 is 0 Å². The van der Waals surface area contributed by atoms with Crippen molar-refractivity contribution in [1.29, 1.82) is 0 Å². The lowest BCUT2D eigenvalue weighted by atomic mass is 9.94. The molecule has 0 aromatic heterocycles. The van der Waals surface area contributed by atoms with Crippen molar-refractivity contribution in [3.63, 3.8) is 0 Å². The van der Waals surface area contributed by atoms with Gasteiger partial charge in [0.15, 0.2) is 0 Å². The average molecular weight is 404 g/mol. The van der Waals surface area contributed by atoms with Gasteiger partial charge in [-0.15, -0.1) is 0 Å². The van der Waals surface area contributed by atoms with Crippen LogP contribution in [0.4, 0.5) is 0 Å². The van der Waals surface area contributed by atoms with E-state index in [-0.39, 0.29) is 5.16 Å². The molecule has 0 saturated heterocycles. The molecule has 0 radical (unpaired) electrons. The topological polar surface area (TPSA) is 32.6 Å². The first-order chi connectivity index (χ1) is 13.9. The molecular formula is C26H30NOP. The maximum atomic E-state index is 10.8. The Morgan fingerprint density at radius 1 is 0.931 bits per heavy atom. The third-order valence-corrected chi connectivity index (χ3v) is 7.83. The molecule has 150 valence electrons. The summed E-state index contributed by atoms with van der Waals surface area (Å²) in [5.41, 5.74) is 6.56. The van der Waals surface area contributed by atoms with Crippen molar-refractivity contribution in [2.24, 2.45) is 4.99 Å². The Bertz CT molecular complexity index is 1030. The van der Waals surface area contributed by atoms with Gasteiger partial charge in [-0.2, -0.15) is 0 Å². The molecule has 3 heteroatoms. The number of aliphatic imine (C=N–C) groups is 1. The van der Waals surface area contributed by atoms with Gasteiger partial charge in [0, 0.05) is 28.9 Å². The zero-order chi connectivity index (χ0) is 21.0. The van der Waals surface area contributed by atoms with Crippen LogP contribution in [0.5, 0.6) is 5.75 Å². The van der Waals surface area contributed by atoms with Crippen LogP contribution in [-0.4, -0.2) is 17.9 Å². The van der Waals surface area contributed by atoms with Gasteiger partial charge in [0.05, 0.1) is 5.71 Å². The minimum absolute atomic E-state index is 0.146. The number of benzene rings is 3. The van der Waals surface area contributed by atoms with Crippen molar-refractivity contribution in [3.8, 4) is 5.75 Å². The molecule has 0 aliphatic carbocycles. The molecule has 0 spiro atoms. The van der Waals surface area contributed by atoms with Crippen molar-refractivity contribution in [3.05, 3.63) is 94.5 Å². The lowest BCUT2D eigenvalue weighted by Crippen LogP contribution is -2.24. The third kappa shape index (κ3) is 4.28. The Labute approximate surface area is 176 Å². The standard InChI is InChI=1S/C26H30NOP/c1-6-26(4,22-17-11-12-18(2)24(22)28)29-25-19(3)13-10-16-21(25)23(27-5)20-14-8-7-9-15-20/h7-17,28-29H,6H2,1-5H3/b27-23+. The molecule has 2 unspecified atom stereocenters. The van der Waals surface area contributed by atoms with E-state index in [1.54, 1.807) is 0 Å². The lowest BCUT2D eigenvalue weighted by Gasteiger charge is -2.32. The third-order valence-electron chi connectivity index (χ3n) is 5.74. The predicted molar refractivity (Wildman–Crippen MR) is 128 cm³/mol. The van der Waals surface area contributed by atoms with Gasteiger partial charge in [0.1, 0.15) is 5.75 Å². The Hall–Kier alpha value is -2.44. The molecule has 0 aliphatic rings. The molecule has 0 bridgehead atoms. The van der Waals surface area contributed by atoms with Crippen LogP contribution >= 0.6 is 8.58 Å². The summed E-state index contributed by atoms with van der Waals surface area (Å²) in [6.45, 7) is 8.62. The van der Waals surface area contributed by atoms with Crippen LogP contribution in [0.25, 0.3) is 0 Å². The van der Waals surface area contributed by atoms with E-state index < -0.39 is 0 Å². The summed E-state index contributed by atoms with van der Waals surface area (Å²) in [4.78, 5) is 4.66. The smallest absolute Gasteiger partial charge is 0.122 e. The molecule has 0 aliphatic heterocycles. The second-order valence-corrected chi connectivity index (χ2v) is 9.57. The number of aryl methyl sites for hydroxylation is 2. The second kappa shape index (κ2) is 8.93. The molecule has 3 aromatic carbocycles. The van der Waals surface area contributed by atoms with Gasteiger partial charge in [-0.05, 0) is 36.7 Å². The van der Waals surface area contributed by atoms with Crippen LogP contribution in [0.15, 0.2) is 71.7 Å². The molecule has 2 atom stereocenters. The monoisotopic (exact) mass is 403 g/mol. The molecule has 3 aromatic rings. The fourth-order valence-electron chi connectivity index (χ4n) is 3.76. The molecule has 29 heavy (non-hydrogen) atoms. The van der Waals surface area contributed by atoms with Crippen molar-refractivity contribution in [1.82, 2.24) is 0 Å². The number of hydrogen-bond donors (Lipinski definition) is 1. The highest BCUT2D eigenvalue weighted by atomic mass is 31.1. The first kappa shape index (κ1) is 21.3. The highest BCUT2D eigenvalue weighted by Gasteiger charge is 2.30. The van der Waals surface area contributed by atoms with E-state index in [1.807, 2.05) is 32.2 Å². The number of rotatable bonds is 6. The molecule has 3 rings (SSSR count). The van der Waals surface area contributed by atoms with Gasteiger partial charge < -0.3 is 5.11 Å². The van der Waals surface area contributed by atoms with Crippen LogP contribution in [0.3, 0.4) is 0 Å². The quantitative estimate of drug-likeness (QED) is 0.391. The van der Waals surface area contributed by atoms with Crippen LogP contribution < -0.4 is 5.30 Å². The van der Waals surface area contributed by atoms with Crippen LogP contribution in [0.2, 0.25) is 0 Å². The largest absolute Gasteiger partial charge is 0.507 e. The highest BCUT2D eigenvalue weighted by Crippen LogP contribution is 2.48. The Morgan fingerprint density at radius 3 is 2.24 bits per heavy atom. The maximum absolute atomic E-state index is 10.8. The first-order valence-electron chi connectivity index (χ1n) is 10.1. The molecular weight excluding hydrogens is 373 g/mol. The van der Waals surface area contributed by atoms with E-state index in [0.717, 1.165) is 28.8 Å². The number of phenolic OH excluding ortho intramolecular Hbond substituents is 1. The summed E-state index contributed by atoms with van der Waals surface area (Å²) in [5.74, 6) is 0.423. The zero-order valence-corrected chi connectivity index (χ0v) is 19.0. The molecule has 0 saturated carbocycles. The molecule has 0 fully saturated rings. The summed E-state index contributed by atoms with van der Waals surface area (Å²) < 4.78 is 0. The minimum atomic E-state index is -0.146. The van der Waals surface area contributed by atoms with Gasteiger partial charge in [0.2, 0.25) is 0 Å². The lowest BCUT2D eigenvalue weighted by molar-refractivity contribution is 0.452. The normalized spacial score (nSPS) is 14.3. The minimum Gasteiger partial charge on any atom is -0.507 e. The maximum Gasteiger partial charge on any atom is 0.122 e. The first-order valence-corrected chi connectivity index (χ1v) is 11.1. The molecule has 0 heterocycles. The Balaban J connectivity index is 2.13. The fourth-order valence-corrected chi connectivity index (χ4v) is 5.44. The summed E-state index contributed by atoms with van der Waals surface area (Å²) in [5, 5.41) is 12.0. The molecule has 2 nitrogen and oxygen atoms in total. The van der Waals surface area contributed by atoms with Gasteiger partial charge in [-0.1, -0.05) is 89.2 Å². The van der Waals surface area contributed by atoms with Crippen LogP contribution in [-0.2, 0) is 5.16 Å². The van der Waals surface area contributed by atoms with E-state index in [4.69, 9.17) is 0 Å². The van der Waals surface area contributed by atoms with E-state index in [1.165, 1.54) is 16.4 Å². The van der Waals surface area contributed by atoms with E-state index in [2.05, 4.69) is 74.3 Å². The summed E-state index contributed by atoms with van der Waals surface area (Å²) in [6, 6.07) is 22.9. The average Bonchev–Trinajstić information content (AvgIpc) is 2.73. The number of para-hydroxylation sites is 1. The predicted octanol–water partition coefficient (Wildman–Crippen LogP) is 6.11.